The van der Waals surface area contributed by atoms with E-state index in [1.807, 2.05) is 6.07 Å². The van der Waals surface area contributed by atoms with Gasteiger partial charge >= 0.3 is 0 Å². The van der Waals surface area contributed by atoms with Gasteiger partial charge in [-0.25, -0.2) is 9.97 Å². The number of benzene rings is 7. The van der Waals surface area contributed by atoms with Gasteiger partial charge in [-0.1, -0.05) is 115 Å². The van der Waals surface area contributed by atoms with Crippen LogP contribution in [0.3, 0.4) is 0 Å². The second kappa shape index (κ2) is 10.8. The second-order valence-corrected chi connectivity index (χ2v) is 13.1. The summed E-state index contributed by atoms with van der Waals surface area (Å²) in [5.41, 5.74) is 10.8. The Labute approximate surface area is 292 Å². The normalized spacial score (nSPS) is 11.9. The van der Waals surface area contributed by atoms with Gasteiger partial charge in [0.1, 0.15) is 0 Å². The monoisotopic (exact) mass is 651 g/mol. The fraction of sp³-hybridized carbons (Fsp3) is 0. The molecule has 5 nitrogen and oxygen atoms in total. The third-order valence-electron chi connectivity index (χ3n) is 10.3. The van der Waals surface area contributed by atoms with Gasteiger partial charge in [0.2, 0.25) is 5.95 Å². The minimum absolute atomic E-state index is 0.650. The van der Waals surface area contributed by atoms with Gasteiger partial charge in [-0.3, -0.25) is 4.57 Å². The van der Waals surface area contributed by atoms with Gasteiger partial charge in [0.25, 0.3) is 0 Å². The molecule has 0 amide bonds. The van der Waals surface area contributed by atoms with Crippen LogP contribution in [0.2, 0.25) is 0 Å². The molecular weight excluding hydrogens is 623 g/mol. The molecule has 0 spiro atoms. The molecule has 0 aliphatic carbocycles. The fourth-order valence-electron chi connectivity index (χ4n) is 8.11. The third kappa shape index (κ3) is 4.03. The highest BCUT2D eigenvalue weighted by Crippen LogP contribution is 2.44. The largest absolute Gasteiger partial charge is 0.316 e. The number of para-hydroxylation sites is 4. The molecule has 51 heavy (non-hydrogen) atoms. The number of hydrogen-bond donors (Lipinski definition) is 0. The maximum absolute atomic E-state index is 5.48. The van der Waals surface area contributed by atoms with E-state index in [4.69, 9.17) is 9.97 Å². The maximum atomic E-state index is 5.48. The van der Waals surface area contributed by atoms with Gasteiger partial charge in [-0.05, 0) is 54.6 Å². The summed E-state index contributed by atoms with van der Waals surface area (Å²) in [6.45, 7) is 0. The molecule has 5 heteroatoms. The SMILES string of the molecule is c1ccc(-c2nc(-n3c4c(ccc5c4ccn5-c4ccccc4)c4ccc5c(c6ccccc6n5-c5ccccc5)c43)nc3ccccc23)cc1. The van der Waals surface area contributed by atoms with Gasteiger partial charge in [-0.15, -0.1) is 0 Å². The Morgan fingerprint density at radius 3 is 1.78 bits per heavy atom. The predicted molar refractivity (Wildman–Crippen MR) is 210 cm³/mol. The molecule has 238 valence electrons. The lowest BCUT2D eigenvalue weighted by molar-refractivity contribution is 1.02. The van der Waals surface area contributed by atoms with Gasteiger partial charge in [0.05, 0.1) is 38.8 Å². The summed E-state index contributed by atoms with van der Waals surface area (Å²) in [5.74, 6) is 0.650. The Morgan fingerprint density at radius 2 is 1.00 bits per heavy atom. The van der Waals surface area contributed by atoms with Crippen molar-refractivity contribution in [3.63, 3.8) is 0 Å². The molecule has 0 bridgehead atoms. The zero-order chi connectivity index (χ0) is 33.5. The van der Waals surface area contributed by atoms with Crippen LogP contribution in [-0.2, 0) is 0 Å². The van der Waals surface area contributed by atoms with E-state index in [-0.39, 0.29) is 0 Å². The summed E-state index contributed by atoms with van der Waals surface area (Å²) < 4.78 is 6.99. The molecule has 0 radical (unpaired) electrons. The Kier molecular flexibility index (Phi) is 5.89. The van der Waals surface area contributed by atoms with Crippen LogP contribution in [0.5, 0.6) is 0 Å². The summed E-state index contributed by atoms with van der Waals surface area (Å²) in [6.07, 6.45) is 2.18. The Bertz CT molecular complexity index is 3120. The molecule has 0 fully saturated rings. The number of aromatic nitrogens is 5. The average Bonchev–Trinajstić information content (AvgIpc) is 3.89. The van der Waals surface area contributed by atoms with E-state index >= 15 is 0 Å². The zero-order valence-electron chi connectivity index (χ0n) is 27.5. The van der Waals surface area contributed by atoms with E-state index in [0.29, 0.717) is 5.95 Å². The molecule has 0 aliphatic rings. The molecule has 0 atom stereocenters. The highest BCUT2D eigenvalue weighted by molar-refractivity contribution is 6.28. The van der Waals surface area contributed by atoms with Gasteiger partial charge in [0, 0.05) is 55.5 Å². The van der Waals surface area contributed by atoms with Crippen LogP contribution in [0.25, 0.3) is 94.0 Å². The molecule has 4 heterocycles. The molecule has 11 rings (SSSR count). The highest BCUT2D eigenvalue weighted by Gasteiger charge is 2.24. The van der Waals surface area contributed by atoms with Crippen LogP contribution in [0.4, 0.5) is 0 Å². The molecule has 0 saturated heterocycles. The van der Waals surface area contributed by atoms with Crippen LogP contribution in [0.15, 0.2) is 176 Å². The van der Waals surface area contributed by atoms with Gasteiger partial charge in [0.15, 0.2) is 0 Å². The topological polar surface area (TPSA) is 40.6 Å². The predicted octanol–water partition coefficient (Wildman–Crippen LogP) is 11.4. The van der Waals surface area contributed by atoms with E-state index < -0.39 is 0 Å². The van der Waals surface area contributed by atoms with Crippen molar-refractivity contribution in [2.24, 2.45) is 0 Å². The molecule has 0 saturated carbocycles. The van der Waals surface area contributed by atoms with Crippen LogP contribution in [0.1, 0.15) is 0 Å². The summed E-state index contributed by atoms with van der Waals surface area (Å²) in [5, 5.41) is 6.87. The van der Waals surface area contributed by atoms with Crippen molar-refractivity contribution >= 4 is 65.4 Å². The van der Waals surface area contributed by atoms with Crippen molar-refractivity contribution in [2.75, 3.05) is 0 Å². The van der Waals surface area contributed by atoms with Gasteiger partial charge < -0.3 is 9.13 Å². The first kappa shape index (κ1) is 27.9. The molecular formula is C46H29N5. The van der Waals surface area contributed by atoms with Crippen molar-refractivity contribution < 1.29 is 0 Å². The fourth-order valence-corrected chi connectivity index (χ4v) is 8.11. The van der Waals surface area contributed by atoms with Crippen molar-refractivity contribution in [1.29, 1.82) is 0 Å². The van der Waals surface area contributed by atoms with E-state index in [0.717, 1.165) is 66.5 Å². The zero-order valence-corrected chi connectivity index (χ0v) is 27.5. The van der Waals surface area contributed by atoms with Crippen molar-refractivity contribution in [2.45, 2.75) is 0 Å². The molecule has 0 N–H and O–H groups in total. The van der Waals surface area contributed by atoms with Crippen LogP contribution >= 0.6 is 0 Å². The lowest BCUT2D eigenvalue weighted by Gasteiger charge is -2.13. The molecule has 0 unspecified atom stereocenters. The minimum atomic E-state index is 0.650. The average molecular weight is 652 g/mol. The summed E-state index contributed by atoms with van der Waals surface area (Å²) >= 11 is 0. The van der Waals surface area contributed by atoms with Crippen molar-refractivity contribution in [1.82, 2.24) is 23.7 Å². The standard InChI is InChI=1S/C46H29N5/c1-4-14-30(15-5-1)43-35-20-10-12-22-38(35)47-46(48-43)51-44-33(24-26-39-37(44)28-29-49(39)31-16-6-2-7-17-31)34-25-27-41-42(45(34)51)36-21-11-13-23-40(36)50(41)32-18-8-3-9-19-32/h1-29H. The van der Waals surface area contributed by atoms with E-state index in [1.165, 1.54) is 21.5 Å². The maximum Gasteiger partial charge on any atom is 0.235 e. The summed E-state index contributed by atoms with van der Waals surface area (Å²) in [7, 11) is 0. The first-order chi connectivity index (χ1) is 25.3. The van der Waals surface area contributed by atoms with Gasteiger partial charge in [-0.2, -0.15) is 0 Å². The van der Waals surface area contributed by atoms with E-state index in [1.54, 1.807) is 0 Å². The molecule has 4 aromatic heterocycles. The molecule has 11 aromatic rings. The third-order valence-corrected chi connectivity index (χ3v) is 10.3. The van der Waals surface area contributed by atoms with Crippen molar-refractivity contribution in [3.05, 3.63) is 176 Å². The highest BCUT2D eigenvalue weighted by atomic mass is 15.2. The lowest BCUT2D eigenvalue weighted by Crippen LogP contribution is -2.04. The summed E-state index contributed by atoms with van der Waals surface area (Å²) in [4.78, 5) is 10.8. The quantitative estimate of drug-likeness (QED) is 0.190. The Morgan fingerprint density at radius 1 is 0.373 bits per heavy atom. The lowest BCUT2D eigenvalue weighted by atomic mass is 10.1. The number of rotatable bonds is 4. The second-order valence-electron chi connectivity index (χ2n) is 13.1. The van der Waals surface area contributed by atoms with Crippen molar-refractivity contribution in [3.8, 4) is 28.6 Å². The first-order valence-electron chi connectivity index (χ1n) is 17.3. The number of nitrogens with zero attached hydrogens (tertiary/aromatic N) is 5. The van der Waals surface area contributed by atoms with Crippen LogP contribution in [-0.4, -0.2) is 23.7 Å². The van der Waals surface area contributed by atoms with Crippen LogP contribution < -0.4 is 0 Å². The first-order valence-corrected chi connectivity index (χ1v) is 17.3. The molecule has 0 aliphatic heterocycles. The minimum Gasteiger partial charge on any atom is -0.316 e. The van der Waals surface area contributed by atoms with Crippen LogP contribution in [0, 0.1) is 0 Å². The summed E-state index contributed by atoms with van der Waals surface area (Å²) in [6, 6.07) is 60.1. The molecule has 7 aromatic carbocycles. The Hall–Kier alpha value is -6.98. The van der Waals surface area contributed by atoms with E-state index in [9.17, 15) is 0 Å². The number of fused-ring (bicyclic) bond motifs is 10. The Balaban J connectivity index is 1.36. The van der Waals surface area contributed by atoms with E-state index in [2.05, 4.69) is 184 Å². The number of hydrogen-bond acceptors (Lipinski definition) is 2. The smallest absolute Gasteiger partial charge is 0.235 e.